The maximum atomic E-state index is 12.3. The SMILES string of the molecule is CC1CCCC(NS(=O)(=O)Cc2cccc(CN)c2)CC1. The Morgan fingerprint density at radius 3 is 2.71 bits per heavy atom. The van der Waals surface area contributed by atoms with Crippen LogP contribution in [0.4, 0.5) is 0 Å². The average Bonchev–Trinajstić information content (AvgIpc) is 2.63. The quantitative estimate of drug-likeness (QED) is 0.821. The van der Waals surface area contributed by atoms with E-state index < -0.39 is 10.0 Å². The van der Waals surface area contributed by atoms with Crippen LogP contribution < -0.4 is 10.5 Å². The van der Waals surface area contributed by atoms with Crippen molar-refractivity contribution in [3.63, 3.8) is 0 Å². The Morgan fingerprint density at radius 2 is 1.95 bits per heavy atom. The molecule has 0 radical (unpaired) electrons. The van der Waals surface area contributed by atoms with E-state index in [1.54, 1.807) is 0 Å². The highest BCUT2D eigenvalue weighted by Gasteiger charge is 2.21. The van der Waals surface area contributed by atoms with Crippen LogP contribution >= 0.6 is 0 Å². The van der Waals surface area contributed by atoms with E-state index in [0.29, 0.717) is 12.5 Å². The molecule has 21 heavy (non-hydrogen) atoms. The Labute approximate surface area is 128 Å². The molecule has 118 valence electrons. The molecule has 3 N–H and O–H groups in total. The summed E-state index contributed by atoms with van der Waals surface area (Å²) in [5.74, 6) is 0.744. The van der Waals surface area contributed by atoms with Crippen LogP contribution in [-0.2, 0) is 22.3 Å². The summed E-state index contributed by atoms with van der Waals surface area (Å²) in [6.07, 6.45) is 5.32. The van der Waals surface area contributed by atoms with Crippen molar-refractivity contribution in [2.45, 2.75) is 57.4 Å². The van der Waals surface area contributed by atoms with E-state index in [1.807, 2.05) is 24.3 Å². The van der Waals surface area contributed by atoms with Gasteiger partial charge in [0.05, 0.1) is 5.75 Å². The second kappa shape index (κ2) is 7.38. The second-order valence-electron chi connectivity index (χ2n) is 6.21. The molecular formula is C16H26N2O2S. The van der Waals surface area contributed by atoms with Crippen molar-refractivity contribution in [3.8, 4) is 0 Å². The molecule has 2 unspecified atom stereocenters. The zero-order chi connectivity index (χ0) is 15.3. The molecule has 0 aromatic heterocycles. The van der Waals surface area contributed by atoms with Crippen LogP contribution in [0.5, 0.6) is 0 Å². The molecular weight excluding hydrogens is 284 g/mol. The highest BCUT2D eigenvalue weighted by Crippen LogP contribution is 2.23. The normalized spacial score (nSPS) is 23.7. The molecule has 1 saturated carbocycles. The van der Waals surface area contributed by atoms with Crippen LogP contribution in [0, 0.1) is 5.92 Å². The zero-order valence-corrected chi connectivity index (χ0v) is 13.5. The van der Waals surface area contributed by atoms with Gasteiger partial charge < -0.3 is 5.73 Å². The highest BCUT2D eigenvalue weighted by molar-refractivity contribution is 7.88. The Morgan fingerprint density at radius 1 is 1.19 bits per heavy atom. The Balaban J connectivity index is 1.97. The first-order valence-electron chi connectivity index (χ1n) is 7.76. The van der Waals surface area contributed by atoms with Gasteiger partial charge in [-0.1, -0.05) is 44.0 Å². The van der Waals surface area contributed by atoms with Gasteiger partial charge in [-0.05, 0) is 36.3 Å². The summed E-state index contributed by atoms with van der Waals surface area (Å²) in [6.45, 7) is 2.68. The van der Waals surface area contributed by atoms with Crippen molar-refractivity contribution < 1.29 is 8.42 Å². The van der Waals surface area contributed by atoms with Gasteiger partial charge >= 0.3 is 0 Å². The summed E-state index contributed by atoms with van der Waals surface area (Å²) in [4.78, 5) is 0. The third kappa shape index (κ3) is 5.41. The number of hydrogen-bond donors (Lipinski definition) is 2. The van der Waals surface area contributed by atoms with Gasteiger partial charge in [0, 0.05) is 12.6 Å². The fraction of sp³-hybridized carbons (Fsp3) is 0.625. The van der Waals surface area contributed by atoms with Crippen LogP contribution in [0.2, 0.25) is 0 Å². The average molecular weight is 310 g/mol. The van der Waals surface area contributed by atoms with E-state index in [4.69, 9.17) is 5.73 Å². The molecule has 1 aliphatic carbocycles. The molecule has 0 bridgehead atoms. The fourth-order valence-electron chi connectivity index (χ4n) is 2.97. The van der Waals surface area contributed by atoms with Crippen LogP contribution in [0.25, 0.3) is 0 Å². The van der Waals surface area contributed by atoms with E-state index in [1.165, 1.54) is 6.42 Å². The highest BCUT2D eigenvalue weighted by atomic mass is 32.2. The first kappa shape index (κ1) is 16.5. The lowest BCUT2D eigenvalue weighted by atomic mass is 10.0. The molecule has 0 aliphatic heterocycles. The van der Waals surface area contributed by atoms with Crippen LogP contribution in [0.3, 0.4) is 0 Å². The molecule has 0 saturated heterocycles. The van der Waals surface area contributed by atoms with Gasteiger partial charge in [-0.25, -0.2) is 13.1 Å². The molecule has 2 rings (SSSR count). The third-order valence-corrected chi connectivity index (χ3v) is 5.59. The number of hydrogen-bond acceptors (Lipinski definition) is 3. The van der Waals surface area contributed by atoms with Crippen LogP contribution in [-0.4, -0.2) is 14.5 Å². The summed E-state index contributed by atoms with van der Waals surface area (Å²) >= 11 is 0. The molecule has 1 aromatic carbocycles. The van der Waals surface area contributed by atoms with Crippen molar-refractivity contribution in [1.82, 2.24) is 4.72 Å². The largest absolute Gasteiger partial charge is 0.326 e. The number of benzene rings is 1. The third-order valence-electron chi connectivity index (χ3n) is 4.19. The molecule has 0 heterocycles. The minimum Gasteiger partial charge on any atom is -0.326 e. The molecule has 1 aliphatic rings. The lowest BCUT2D eigenvalue weighted by Crippen LogP contribution is -2.35. The summed E-state index contributed by atoms with van der Waals surface area (Å²) in [7, 11) is -3.28. The standard InChI is InChI=1S/C16H26N2O2S/c1-13-4-2-7-16(9-8-13)18-21(19,20)12-15-6-3-5-14(10-15)11-17/h3,5-6,10,13,16,18H,2,4,7-9,11-12,17H2,1H3. The smallest absolute Gasteiger partial charge is 0.216 e. The molecule has 2 atom stereocenters. The second-order valence-corrected chi connectivity index (χ2v) is 7.97. The number of nitrogens with one attached hydrogen (secondary N) is 1. The Bertz CT molecular complexity index is 557. The summed E-state index contributed by atoms with van der Waals surface area (Å²) in [5.41, 5.74) is 7.36. The minimum atomic E-state index is -3.28. The van der Waals surface area contributed by atoms with E-state index in [0.717, 1.165) is 36.8 Å². The van der Waals surface area contributed by atoms with Gasteiger partial charge in [-0.2, -0.15) is 0 Å². The summed E-state index contributed by atoms with van der Waals surface area (Å²) in [5, 5.41) is 0. The zero-order valence-electron chi connectivity index (χ0n) is 12.7. The van der Waals surface area contributed by atoms with Gasteiger partial charge in [0.25, 0.3) is 0 Å². The van der Waals surface area contributed by atoms with Crippen LogP contribution in [0.1, 0.15) is 50.2 Å². The van der Waals surface area contributed by atoms with Crippen molar-refractivity contribution >= 4 is 10.0 Å². The first-order chi connectivity index (χ1) is 9.98. The molecule has 1 aromatic rings. The monoisotopic (exact) mass is 310 g/mol. The van der Waals surface area contributed by atoms with E-state index in [2.05, 4.69) is 11.6 Å². The molecule has 0 spiro atoms. The van der Waals surface area contributed by atoms with E-state index >= 15 is 0 Å². The van der Waals surface area contributed by atoms with Crippen molar-refractivity contribution in [3.05, 3.63) is 35.4 Å². The summed E-state index contributed by atoms with van der Waals surface area (Å²) in [6, 6.07) is 7.58. The number of nitrogens with two attached hydrogens (primary N) is 1. The maximum Gasteiger partial charge on any atom is 0.216 e. The van der Waals surface area contributed by atoms with E-state index in [-0.39, 0.29) is 11.8 Å². The first-order valence-corrected chi connectivity index (χ1v) is 9.41. The van der Waals surface area contributed by atoms with Crippen molar-refractivity contribution in [2.24, 2.45) is 11.7 Å². The van der Waals surface area contributed by atoms with Gasteiger partial charge in [-0.15, -0.1) is 0 Å². The predicted octanol–water partition coefficient (Wildman–Crippen LogP) is 2.53. The number of sulfonamides is 1. The van der Waals surface area contributed by atoms with E-state index in [9.17, 15) is 8.42 Å². The maximum absolute atomic E-state index is 12.3. The minimum absolute atomic E-state index is 0.0346. The number of rotatable bonds is 5. The fourth-order valence-corrected chi connectivity index (χ4v) is 4.41. The Kier molecular flexibility index (Phi) is 5.79. The van der Waals surface area contributed by atoms with Gasteiger partial charge in [0.15, 0.2) is 0 Å². The van der Waals surface area contributed by atoms with Crippen molar-refractivity contribution in [1.29, 1.82) is 0 Å². The van der Waals surface area contributed by atoms with Gasteiger partial charge in [0.1, 0.15) is 0 Å². The predicted molar refractivity (Wildman–Crippen MR) is 86.1 cm³/mol. The molecule has 0 amide bonds. The van der Waals surface area contributed by atoms with Crippen molar-refractivity contribution in [2.75, 3.05) is 0 Å². The van der Waals surface area contributed by atoms with Crippen LogP contribution in [0.15, 0.2) is 24.3 Å². The lowest BCUT2D eigenvalue weighted by molar-refractivity contribution is 0.484. The Hall–Kier alpha value is -0.910. The molecule has 5 heteroatoms. The topological polar surface area (TPSA) is 72.2 Å². The lowest BCUT2D eigenvalue weighted by Gasteiger charge is -2.16. The van der Waals surface area contributed by atoms with Gasteiger partial charge in [-0.3, -0.25) is 0 Å². The van der Waals surface area contributed by atoms with Gasteiger partial charge in [0.2, 0.25) is 10.0 Å². The molecule has 4 nitrogen and oxygen atoms in total. The summed E-state index contributed by atoms with van der Waals surface area (Å²) < 4.78 is 27.5. The molecule has 1 fully saturated rings.